The Morgan fingerprint density at radius 3 is 2.31 bits per heavy atom. The van der Waals surface area contributed by atoms with Gasteiger partial charge >= 0.3 is 0 Å². The molecule has 0 spiro atoms. The average Bonchev–Trinajstić information content (AvgIpc) is 3.17. The molecule has 2 aliphatic heterocycles. The minimum Gasteiger partial charge on any atom is -0.348 e. The maximum Gasteiger partial charge on any atom is 0.243 e. The van der Waals surface area contributed by atoms with Crippen molar-refractivity contribution in [2.45, 2.75) is 30.7 Å². The number of rotatable bonds is 5. The third-order valence-electron chi connectivity index (χ3n) is 5.60. The molecule has 3 rings (SSSR count). The molecule has 0 radical (unpaired) electrons. The molecule has 1 aromatic carbocycles. The van der Waals surface area contributed by atoms with Crippen molar-refractivity contribution >= 4 is 27.5 Å². The van der Waals surface area contributed by atoms with Crippen LogP contribution in [0.1, 0.15) is 19.8 Å². The molecular weight excluding hydrogens is 394 g/mol. The van der Waals surface area contributed by atoms with E-state index in [9.17, 15) is 18.0 Å². The van der Waals surface area contributed by atoms with Crippen LogP contribution in [0, 0.1) is 11.8 Å². The lowest BCUT2D eigenvalue weighted by Gasteiger charge is -2.35. The largest absolute Gasteiger partial charge is 0.348 e. The van der Waals surface area contributed by atoms with Gasteiger partial charge in [-0.25, -0.2) is 8.42 Å². The Morgan fingerprint density at radius 1 is 1.14 bits per heavy atom. The van der Waals surface area contributed by atoms with Gasteiger partial charge in [-0.1, -0.05) is 0 Å². The van der Waals surface area contributed by atoms with E-state index in [4.69, 9.17) is 0 Å². The molecule has 2 unspecified atom stereocenters. The van der Waals surface area contributed by atoms with Crippen LogP contribution in [-0.2, 0) is 19.6 Å². The molecule has 29 heavy (non-hydrogen) atoms. The van der Waals surface area contributed by atoms with Crippen molar-refractivity contribution in [2.24, 2.45) is 11.8 Å². The number of carbonyl (C=O) groups is 2. The van der Waals surface area contributed by atoms with Crippen molar-refractivity contribution in [2.75, 3.05) is 39.0 Å². The fraction of sp³-hybridized carbons (Fsp3) is 0.579. The van der Waals surface area contributed by atoms with E-state index >= 15 is 0 Å². The van der Waals surface area contributed by atoms with Gasteiger partial charge in [-0.2, -0.15) is 4.31 Å². The van der Waals surface area contributed by atoms with Crippen molar-refractivity contribution in [1.29, 1.82) is 0 Å². The van der Waals surface area contributed by atoms with Crippen LogP contribution in [0.2, 0.25) is 0 Å². The molecule has 1 aromatic rings. The van der Waals surface area contributed by atoms with Gasteiger partial charge in [0.1, 0.15) is 0 Å². The summed E-state index contributed by atoms with van der Waals surface area (Å²) < 4.78 is 27.4. The zero-order valence-electron chi connectivity index (χ0n) is 17.0. The Labute approximate surface area is 171 Å². The van der Waals surface area contributed by atoms with E-state index in [0.29, 0.717) is 38.2 Å². The van der Waals surface area contributed by atoms with Gasteiger partial charge in [-0.05, 0) is 43.0 Å². The smallest absolute Gasteiger partial charge is 0.243 e. The highest BCUT2D eigenvalue weighted by Crippen LogP contribution is 2.30. The Hall–Kier alpha value is -2.01. The summed E-state index contributed by atoms with van der Waals surface area (Å²) in [6, 6.07) is 6.22. The SMILES string of the molecule is CC(=O)Nc1ccc(S(=O)(=O)N2CCC(C3NNCC3C(=O)N(C)C)CC2)cc1. The van der Waals surface area contributed by atoms with Crippen molar-refractivity contribution in [1.82, 2.24) is 20.1 Å². The Balaban J connectivity index is 1.63. The van der Waals surface area contributed by atoms with Gasteiger partial charge in [0.25, 0.3) is 0 Å². The maximum atomic E-state index is 13.0. The number of amides is 2. The second-order valence-electron chi connectivity index (χ2n) is 7.84. The molecule has 9 nitrogen and oxygen atoms in total. The number of nitrogens with zero attached hydrogens (tertiary/aromatic N) is 2. The van der Waals surface area contributed by atoms with E-state index in [0.717, 1.165) is 0 Å². The third kappa shape index (κ3) is 4.77. The first-order valence-corrected chi connectivity index (χ1v) is 11.2. The highest BCUT2D eigenvalue weighted by Gasteiger charge is 2.41. The van der Waals surface area contributed by atoms with Crippen LogP contribution in [-0.4, -0.2) is 69.2 Å². The lowest BCUT2D eigenvalue weighted by Crippen LogP contribution is -2.48. The highest BCUT2D eigenvalue weighted by atomic mass is 32.2. The summed E-state index contributed by atoms with van der Waals surface area (Å²) in [6.45, 7) is 2.82. The van der Waals surface area contributed by atoms with Gasteiger partial charge in [0, 0.05) is 52.4 Å². The summed E-state index contributed by atoms with van der Waals surface area (Å²) >= 11 is 0. The standard InChI is InChI=1S/C19H29N5O4S/c1-13(25)21-15-4-6-16(7-5-15)29(27,28)24-10-8-14(9-11-24)18-17(12-20-22-18)19(26)23(2)3/h4-7,14,17-18,20,22H,8-12H2,1-3H3,(H,21,25). The number of nitrogens with one attached hydrogen (secondary N) is 3. The van der Waals surface area contributed by atoms with Gasteiger partial charge in [0.05, 0.1) is 10.8 Å². The Bertz CT molecular complexity index is 848. The predicted octanol–water partition coefficient (Wildman–Crippen LogP) is 0.227. The fourth-order valence-electron chi connectivity index (χ4n) is 4.07. The van der Waals surface area contributed by atoms with Crippen LogP contribution in [0.25, 0.3) is 0 Å². The lowest BCUT2D eigenvalue weighted by molar-refractivity contribution is -0.133. The van der Waals surface area contributed by atoms with E-state index in [1.165, 1.54) is 23.4 Å². The molecule has 10 heteroatoms. The molecule has 0 aliphatic carbocycles. The van der Waals surface area contributed by atoms with Crippen LogP contribution in [0.5, 0.6) is 0 Å². The highest BCUT2D eigenvalue weighted by molar-refractivity contribution is 7.89. The predicted molar refractivity (Wildman–Crippen MR) is 109 cm³/mol. The topological polar surface area (TPSA) is 111 Å². The average molecular weight is 424 g/mol. The maximum absolute atomic E-state index is 13.0. The Morgan fingerprint density at radius 2 is 1.76 bits per heavy atom. The van der Waals surface area contributed by atoms with Crippen molar-refractivity contribution in [3.8, 4) is 0 Å². The normalized spacial score (nSPS) is 23.7. The molecule has 2 amide bonds. The van der Waals surface area contributed by atoms with Crippen molar-refractivity contribution < 1.29 is 18.0 Å². The number of piperidine rings is 1. The lowest BCUT2D eigenvalue weighted by atomic mass is 9.83. The summed E-state index contributed by atoms with van der Waals surface area (Å²) in [5.41, 5.74) is 6.86. The van der Waals surface area contributed by atoms with Gasteiger partial charge in [0.15, 0.2) is 0 Å². The molecule has 2 fully saturated rings. The second-order valence-corrected chi connectivity index (χ2v) is 9.78. The summed E-state index contributed by atoms with van der Waals surface area (Å²) in [7, 11) is -0.0799. The van der Waals surface area contributed by atoms with E-state index in [1.54, 1.807) is 31.1 Å². The zero-order chi connectivity index (χ0) is 21.2. The summed E-state index contributed by atoms with van der Waals surface area (Å²) in [5.74, 6) is -0.0301. The third-order valence-corrected chi connectivity index (χ3v) is 7.51. The molecule has 2 heterocycles. The first-order chi connectivity index (χ1) is 13.7. The van der Waals surface area contributed by atoms with Gasteiger partial charge in [-0.3, -0.25) is 20.4 Å². The minimum atomic E-state index is -3.59. The molecule has 160 valence electrons. The van der Waals surface area contributed by atoms with Gasteiger partial charge in [-0.15, -0.1) is 0 Å². The number of hydrogen-bond donors (Lipinski definition) is 3. The van der Waals surface area contributed by atoms with Crippen LogP contribution in [0.15, 0.2) is 29.2 Å². The van der Waals surface area contributed by atoms with E-state index in [2.05, 4.69) is 16.2 Å². The number of carbonyl (C=O) groups excluding carboxylic acids is 2. The van der Waals surface area contributed by atoms with Crippen LogP contribution in [0.4, 0.5) is 5.69 Å². The summed E-state index contributed by atoms with van der Waals surface area (Å²) in [5, 5.41) is 2.63. The summed E-state index contributed by atoms with van der Waals surface area (Å²) in [4.78, 5) is 25.4. The number of benzene rings is 1. The molecule has 0 aromatic heterocycles. The Kier molecular flexibility index (Phi) is 6.57. The van der Waals surface area contributed by atoms with E-state index < -0.39 is 10.0 Å². The van der Waals surface area contributed by atoms with Gasteiger partial charge < -0.3 is 10.2 Å². The number of sulfonamides is 1. The fourth-order valence-corrected chi connectivity index (χ4v) is 5.54. The van der Waals surface area contributed by atoms with Crippen LogP contribution >= 0.6 is 0 Å². The summed E-state index contributed by atoms with van der Waals surface area (Å²) in [6.07, 6.45) is 1.39. The number of anilines is 1. The van der Waals surface area contributed by atoms with Crippen LogP contribution in [0.3, 0.4) is 0 Å². The number of hydrazine groups is 1. The second kappa shape index (κ2) is 8.78. The molecular formula is C19H29N5O4S. The molecule has 0 saturated carbocycles. The first kappa shape index (κ1) is 21.7. The number of hydrogen-bond acceptors (Lipinski definition) is 6. The minimum absolute atomic E-state index is 0.00620. The van der Waals surface area contributed by atoms with Crippen molar-refractivity contribution in [3.05, 3.63) is 24.3 Å². The molecule has 2 atom stereocenters. The van der Waals surface area contributed by atoms with Gasteiger partial charge in [0.2, 0.25) is 21.8 Å². The zero-order valence-corrected chi connectivity index (χ0v) is 17.8. The van der Waals surface area contributed by atoms with E-state index in [1.807, 2.05) is 0 Å². The molecule has 3 N–H and O–H groups in total. The molecule has 0 bridgehead atoms. The molecule has 2 saturated heterocycles. The molecule has 2 aliphatic rings. The van der Waals surface area contributed by atoms with Crippen molar-refractivity contribution in [3.63, 3.8) is 0 Å². The first-order valence-electron chi connectivity index (χ1n) is 9.77. The monoisotopic (exact) mass is 423 g/mol. The van der Waals surface area contributed by atoms with E-state index in [-0.39, 0.29) is 34.6 Å². The van der Waals surface area contributed by atoms with Crippen LogP contribution < -0.4 is 16.2 Å². The quantitative estimate of drug-likeness (QED) is 0.625.